The highest BCUT2D eigenvalue weighted by Gasteiger charge is 2.40. The second-order valence-electron chi connectivity index (χ2n) is 9.20. The summed E-state index contributed by atoms with van der Waals surface area (Å²) in [7, 11) is -5.45. The number of aryl methyl sites for hydroxylation is 2. The van der Waals surface area contributed by atoms with Crippen molar-refractivity contribution in [2.75, 3.05) is 39.6 Å². The van der Waals surface area contributed by atoms with Gasteiger partial charge in [-0.15, -0.1) is 10.2 Å². The van der Waals surface area contributed by atoms with Gasteiger partial charge in [-0.25, -0.2) is 9.36 Å². The highest BCUT2D eigenvalue weighted by atomic mass is 28.4. The van der Waals surface area contributed by atoms with E-state index in [1.807, 2.05) is 65.8 Å². The molecule has 2 heterocycles. The third-order valence-electron chi connectivity index (χ3n) is 6.36. The van der Waals surface area contributed by atoms with E-state index >= 15 is 0 Å². The van der Waals surface area contributed by atoms with Crippen LogP contribution >= 0.6 is 0 Å². The van der Waals surface area contributed by atoms with Gasteiger partial charge in [0.1, 0.15) is 0 Å². The SMILES string of the molecule is CCO[Si](CCCn1nnnc1-c1ccc(-c2nnnn2CCC[Si](OCC)(OCC)OCC)cc1)(OCC)OCC. The zero-order valence-corrected chi connectivity index (χ0v) is 27.8. The van der Waals surface area contributed by atoms with Gasteiger partial charge in [0.15, 0.2) is 11.6 Å². The predicted molar refractivity (Wildman–Crippen MR) is 160 cm³/mol. The van der Waals surface area contributed by atoms with Gasteiger partial charge in [0.2, 0.25) is 0 Å². The number of tetrazole rings is 2. The normalized spacial score (nSPS) is 12.3. The lowest BCUT2D eigenvalue weighted by Gasteiger charge is -2.28. The first kappa shape index (κ1) is 34.0. The van der Waals surface area contributed by atoms with Crippen LogP contribution in [0.25, 0.3) is 22.8 Å². The first-order chi connectivity index (χ1) is 20.5. The monoisotopic (exact) mass is 622 g/mol. The molecule has 0 saturated carbocycles. The maximum absolute atomic E-state index is 5.98. The van der Waals surface area contributed by atoms with Crippen LogP contribution in [0, 0.1) is 0 Å². The number of hydrogen-bond donors (Lipinski definition) is 0. The second-order valence-corrected chi connectivity index (χ2v) is 14.7. The molecule has 3 rings (SSSR count). The van der Waals surface area contributed by atoms with Crippen molar-refractivity contribution in [1.29, 1.82) is 0 Å². The number of benzene rings is 1. The van der Waals surface area contributed by atoms with Crippen LogP contribution in [-0.2, 0) is 39.6 Å². The molecule has 1 aromatic carbocycles. The molecule has 42 heavy (non-hydrogen) atoms. The van der Waals surface area contributed by atoms with Crippen molar-refractivity contribution in [2.45, 2.75) is 79.6 Å². The summed E-state index contributed by atoms with van der Waals surface area (Å²) >= 11 is 0. The van der Waals surface area contributed by atoms with Gasteiger partial charge in [0.05, 0.1) is 0 Å². The zero-order chi connectivity index (χ0) is 30.3. The van der Waals surface area contributed by atoms with Crippen molar-refractivity contribution in [1.82, 2.24) is 40.4 Å². The van der Waals surface area contributed by atoms with E-state index < -0.39 is 17.6 Å². The van der Waals surface area contributed by atoms with Gasteiger partial charge in [-0.1, -0.05) is 24.3 Å². The molecule has 16 heteroatoms. The Labute approximate surface area is 250 Å². The van der Waals surface area contributed by atoms with Gasteiger partial charge < -0.3 is 26.6 Å². The van der Waals surface area contributed by atoms with E-state index in [-0.39, 0.29) is 0 Å². The van der Waals surface area contributed by atoms with Crippen LogP contribution in [0.3, 0.4) is 0 Å². The summed E-state index contributed by atoms with van der Waals surface area (Å²) in [6, 6.07) is 9.29. The average molecular weight is 623 g/mol. The van der Waals surface area contributed by atoms with Gasteiger partial charge in [-0.2, -0.15) is 0 Å². The van der Waals surface area contributed by atoms with Gasteiger partial charge in [0, 0.05) is 75.9 Å². The molecular weight excluding hydrogens is 577 g/mol. The van der Waals surface area contributed by atoms with Crippen LogP contribution in [0.15, 0.2) is 24.3 Å². The number of nitrogens with zero attached hydrogens (tertiary/aromatic N) is 8. The lowest BCUT2D eigenvalue weighted by molar-refractivity contribution is 0.0696. The van der Waals surface area contributed by atoms with Crippen molar-refractivity contribution in [3.8, 4) is 22.8 Å². The fourth-order valence-corrected chi connectivity index (χ4v) is 9.97. The minimum atomic E-state index is -2.72. The Hall–Kier alpha value is -2.45. The average Bonchev–Trinajstić information content (AvgIpc) is 3.64. The molecule has 0 bridgehead atoms. The maximum Gasteiger partial charge on any atom is 0.500 e. The summed E-state index contributed by atoms with van der Waals surface area (Å²) < 4.78 is 39.4. The second kappa shape index (κ2) is 17.6. The molecular formula is C26H46N8O6Si2. The summed E-state index contributed by atoms with van der Waals surface area (Å²) in [5.74, 6) is 1.36. The summed E-state index contributed by atoms with van der Waals surface area (Å²) in [4.78, 5) is 0. The van der Waals surface area contributed by atoms with Crippen molar-refractivity contribution in [3.05, 3.63) is 24.3 Å². The van der Waals surface area contributed by atoms with E-state index in [1.165, 1.54) is 0 Å². The van der Waals surface area contributed by atoms with E-state index in [0.717, 1.165) is 24.0 Å². The van der Waals surface area contributed by atoms with Crippen molar-refractivity contribution >= 4 is 17.6 Å². The molecule has 0 aliphatic carbocycles. The molecule has 0 radical (unpaired) electrons. The van der Waals surface area contributed by atoms with Crippen LogP contribution in [0.4, 0.5) is 0 Å². The summed E-state index contributed by atoms with van der Waals surface area (Å²) in [5, 5.41) is 24.8. The first-order valence-electron chi connectivity index (χ1n) is 15.0. The van der Waals surface area contributed by atoms with Gasteiger partial charge in [0.25, 0.3) is 0 Å². The lowest BCUT2D eigenvalue weighted by Crippen LogP contribution is -2.46. The molecule has 234 valence electrons. The predicted octanol–water partition coefficient (Wildman–Crippen LogP) is 3.87. The Kier molecular flexibility index (Phi) is 14.3. The number of rotatable bonds is 22. The smallest absolute Gasteiger partial charge is 0.374 e. The molecule has 0 amide bonds. The molecule has 0 spiro atoms. The fourth-order valence-electron chi connectivity index (χ4n) is 4.79. The molecule has 0 N–H and O–H groups in total. The molecule has 2 aromatic heterocycles. The van der Waals surface area contributed by atoms with Gasteiger partial charge in [-0.05, 0) is 75.2 Å². The molecule has 3 aromatic rings. The topological polar surface area (TPSA) is 143 Å². The quantitative estimate of drug-likeness (QED) is 0.150. The Morgan fingerprint density at radius 2 is 0.833 bits per heavy atom. The maximum atomic E-state index is 5.98. The van der Waals surface area contributed by atoms with Crippen LogP contribution in [0.2, 0.25) is 12.1 Å². The van der Waals surface area contributed by atoms with E-state index in [1.54, 1.807) is 9.36 Å². The van der Waals surface area contributed by atoms with Gasteiger partial charge in [-0.3, -0.25) is 0 Å². The summed E-state index contributed by atoms with van der Waals surface area (Å²) in [5.41, 5.74) is 1.79. The van der Waals surface area contributed by atoms with Gasteiger partial charge >= 0.3 is 17.6 Å². The standard InChI is InChI=1S/C26H46N8O6Si2/c1-7-35-41(36-8-2,37-9-3)21-13-19-33-25(27-29-31-33)23-15-17-24(18-16-23)26-28-30-32-34(26)20-14-22-42(38-10-4,39-11-5)40-12-6/h15-18H,7-14,19-22H2,1-6H3. The van der Waals surface area contributed by atoms with E-state index in [4.69, 9.17) is 26.6 Å². The highest BCUT2D eigenvalue weighted by Crippen LogP contribution is 2.24. The first-order valence-corrected chi connectivity index (χ1v) is 18.8. The zero-order valence-electron chi connectivity index (χ0n) is 25.8. The Morgan fingerprint density at radius 3 is 1.12 bits per heavy atom. The molecule has 14 nitrogen and oxygen atoms in total. The third-order valence-corrected chi connectivity index (χ3v) is 12.7. The molecule has 0 atom stereocenters. The third kappa shape index (κ3) is 9.27. The van der Waals surface area contributed by atoms with Crippen LogP contribution < -0.4 is 0 Å². The fraction of sp³-hybridized carbons (Fsp3) is 0.692. The summed E-state index contributed by atoms with van der Waals surface area (Å²) in [6.45, 7) is 16.3. The molecule has 0 aliphatic rings. The number of hydrogen-bond acceptors (Lipinski definition) is 12. The molecule has 0 fully saturated rings. The van der Waals surface area contributed by atoms with E-state index in [2.05, 4.69) is 31.1 Å². The van der Waals surface area contributed by atoms with E-state index in [0.29, 0.717) is 76.5 Å². The van der Waals surface area contributed by atoms with Crippen LogP contribution in [0.1, 0.15) is 54.4 Å². The Morgan fingerprint density at radius 1 is 0.524 bits per heavy atom. The summed E-state index contributed by atoms with van der Waals surface area (Å²) in [6.07, 6.45) is 1.52. The van der Waals surface area contributed by atoms with Crippen LogP contribution in [0.5, 0.6) is 0 Å². The minimum absolute atomic E-state index is 0.550. The highest BCUT2D eigenvalue weighted by molar-refractivity contribution is 6.61. The van der Waals surface area contributed by atoms with E-state index in [9.17, 15) is 0 Å². The molecule has 0 aliphatic heterocycles. The van der Waals surface area contributed by atoms with Crippen molar-refractivity contribution in [2.24, 2.45) is 0 Å². The largest absolute Gasteiger partial charge is 0.500 e. The van der Waals surface area contributed by atoms with Crippen molar-refractivity contribution in [3.63, 3.8) is 0 Å². The molecule has 0 unspecified atom stereocenters. The molecule has 0 saturated heterocycles. The van der Waals surface area contributed by atoms with Crippen molar-refractivity contribution < 1.29 is 26.6 Å². The Balaban J connectivity index is 1.65. The lowest BCUT2D eigenvalue weighted by atomic mass is 10.1. The van der Waals surface area contributed by atoms with Crippen LogP contribution in [-0.4, -0.2) is 97.7 Å². The number of aromatic nitrogens is 8. The Bertz CT molecular complexity index is 1040. The minimum Gasteiger partial charge on any atom is -0.374 e.